The molecule has 0 spiro atoms. The van der Waals surface area contributed by atoms with Crippen LogP contribution < -0.4 is 5.32 Å². The summed E-state index contributed by atoms with van der Waals surface area (Å²) in [4.78, 5) is 20.8. The molecule has 8 heteroatoms. The molecule has 1 aromatic carbocycles. The number of carbonyl (C=O) groups is 1. The van der Waals surface area contributed by atoms with Crippen LogP contribution in [0, 0.1) is 15.9 Å². The first kappa shape index (κ1) is 14.4. The molecule has 0 fully saturated rings. The molecular weight excluding hydrogens is 311 g/mol. The zero-order valence-electron chi connectivity index (χ0n) is 9.41. The molecule has 1 rings (SSSR count). The van der Waals surface area contributed by atoms with Crippen molar-refractivity contribution < 1.29 is 18.8 Å². The molecule has 98 valence electrons. The summed E-state index contributed by atoms with van der Waals surface area (Å²) in [6.07, 6.45) is 0.0296. The normalized spacial score (nSPS) is 9.94. The van der Waals surface area contributed by atoms with Gasteiger partial charge in [0.15, 0.2) is 0 Å². The molecule has 18 heavy (non-hydrogen) atoms. The van der Waals surface area contributed by atoms with E-state index in [0.29, 0.717) is 4.47 Å². The van der Waals surface area contributed by atoms with Gasteiger partial charge in [0.05, 0.1) is 18.5 Å². The summed E-state index contributed by atoms with van der Waals surface area (Å²) in [5.41, 5.74) is -0.640. The highest BCUT2D eigenvalue weighted by molar-refractivity contribution is 9.10. The van der Waals surface area contributed by atoms with Crippen molar-refractivity contribution >= 4 is 33.3 Å². The Morgan fingerprint density at radius 1 is 1.61 bits per heavy atom. The molecule has 0 saturated carbocycles. The summed E-state index contributed by atoms with van der Waals surface area (Å²) in [5.74, 6) is -1.41. The molecule has 0 aliphatic heterocycles. The second-order valence-corrected chi connectivity index (χ2v) is 4.21. The van der Waals surface area contributed by atoms with Gasteiger partial charge in [-0.05, 0) is 12.1 Å². The number of nitrogens with zero attached hydrogens (tertiary/aromatic N) is 1. The van der Waals surface area contributed by atoms with Gasteiger partial charge in [-0.1, -0.05) is 15.9 Å². The van der Waals surface area contributed by atoms with Gasteiger partial charge >= 0.3 is 11.7 Å². The molecule has 0 atom stereocenters. The van der Waals surface area contributed by atoms with Crippen LogP contribution in [0.5, 0.6) is 0 Å². The number of halogens is 2. The number of hydrogen-bond donors (Lipinski definition) is 1. The molecular formula is C10H10BrFN2O4. The molecule has 6 nitrogen and oxygen atoms in total. The van der Waals surface area contributed by atoms with E-state index in [-0.39, 0.29) is 18.7 Å². The van der Waals surface area contributed by atoms with Crippen LogP contribution in [0.1, 0.15) is 6.42 Å². The van der Waals surface area contributed by atoms with Gasteiger partial charge in [-0.15, -0.1) is 0 Å². The van der Waals surface area contributed by atoms with Crippen molar-refractivity contribution in [2.24, 2.45) is 0 Å². The van der Waals surface area contributed by atoms with Crippen LogP contribution in [-0.4, -0.2) is 24.5 Å². The third-order valence-electron chi connectivity index (χ3n) is 2.08. The molecule has 0 aliphatic carbocycles. The molecule has 0 aromatic heterocycles. The highest BCUT2D eigenvalue weighted by Crippen LogP contribution is 2.31. The lowest BCUT2D eigenvalue weighted by Gasteiger charge is -2.07. The lowest BCUT2D eigenvalue weighted by Crippen LogP contribution is -2.11. The number of methoxy groups -OCH3 is 1. The lowest BCUT2D eigenvalue weighted by molar-refractivity contribution is -0.386. The van der Waals surface area contributed by atoms with Crippen molar-refractivity contribution in [1.29, 1.82) is 0 Å². The zero-order valence-corrected chi connectivity index (χ0v) is 11.0. The van der Waals surface area contributed by atoms with Gasteiger partial charge in [0.25, 0.3) is 0 Å². The van der Waals surface area contributed by atoms with Crippen LogP contribution in [-0.2, 0) is 9.53 Å². The van der Waals surface area contributed by atoms with E-state index in [2.05, 4.69) is 26.0 Å². The predicted octanol–water partition coefficient (Wildman–Crippen LogP) is 2.47. The molecule has 0 radical (unpaired) electrons. The largest absolute Gasteiger partial charge is 0.469 e. The quantitative estimate of drug-likeness (QED) is 0.512. The van der Waals surface area contributed by atoms with Crippen molar-refractivity contribution in [3.63, 3.8) is 0 Å². The zero-order chi connectivity index (χ0) is 13.7. The maximum atomic E-state index is 13.4. The number of nitro groups is 1. The van der Waals surface area contributed by atoms with Gasteiger partial charge in [-0.25, -0.2) is 0 Å². The molecule has 0 bridgehead atoms. The summed E-state index contributed by atoms with van der Waals surface area (Å²) < 4.78 is 18.2. The fourth-order valence-electron chi connectivity index (χ4n) is 1.29. The maximum absolute atomic E-state index is 13.4. The van der Waals surface area contributed by atoms with Crippen molar-refractivity contribution in [3.8, 4) is 0 Å². The summed E-state index contributed by atoms with van der Waals surface area (Å²) in [7, 11) is 1.24. The van der Waals surface area contributed by atoms with E-state index in [4.69, 9.17) is 0 Å². The fourth-order valence-corrected chi connectivity index (χ4v) is 1.72. The average molecular weight is 321 g/mol. The number of nitro benzene ring substituents is 1. The van der Waals surface area contributed by atoms with Crippen LogP contribution >= 0.6 is 15.9 Å². The Hall–Kier alpha value is -1.70. The number of ether oxygens (including phenoxy) is 1. The molecule has 1 aromatic rings. The van der Waals surface area contributed by atoms with E-state index in [1.807, 2.05) is 0 Å². The minimum atomic E-state index is -0.949. The van der Waals surface area contributed by atoms with Gasteiger partial charge < -0.3 is 10.1 Å². The topological polar surface area (TPSA) is 81.5 Å². The Morgan fingerprint density at radius 3 is 2.83 bits per heavy atom. The molecule has 0 amide bonds. The van der Waals surface area contributed by atoms with Crippen molar-refractivity contribution in [3.05, 3.63) is 32.5 Å². The van der Waals surface area contributed by atoms with Crippen LogP contribution in [0.15, 0.2) is 16.6 Å². The van der Waals surface area contributed by atoms with E-state index in [0.717, 1.165) is 6.07 Å². The molecule has 0 saturated heterocycles. The number of esters is 1. The highest BCUT2D eigenvalue weighted by atomic mass is 79.9. The first-order chi connectivity index (χ1) is 8.45. The number of rotatable bonds is 5. The number of anilines is 1. The van der Waals surface area contributed by atoms with Crippen LogP contribution in [0.4, 0.5) is 15.8 Å². The lowest BCUT2D eigenvalue weighted by atomic mass is 10.2. The standard InChI is InChI=1S/C10H10BrFN2O4/c1-18-9(15)2-3-13-8-5-6(11)4-7(12)10(8)14(16)17/h4-5,13H,2-3H2,1H3. The molecule has 0 heterocycles. The Kier molecular flexibility index (Phi) is 5.02. The third kappa shape index (κ3) is 3.66. The van der Waals surface area contributed by atoms with E-state index < -0.39 is 22.4 Å². The Morgan fingerprint density at radius 2 is 2.28 bits per heavy atom. The summed E-state index contributed by atoms with van der Waals surface area (Å²) in [6.45, 7) is 0.114. The number of nitrogens with one attached hydrogen (secondary N) is 1. The van der Waals surface area contributed by atoms with Gasteiger partial charge in [-0.2, -0.15) is 4.39 Å². The Balaban J connectivity index is 2.87. The summed E-state index contributed by atoms with van der Waals surface area (Å²) in [6, 6.07) is 2.38. The van der Waals surface area contributed by atoms with Crippen LogP contribution in [0.3, 0.4) is 0 Å². The number of benzene rings is 1. The van der Waals surface area contributed by atoms with E-state index in [9.17, 15) is 19.3 Å². The van der Waals surface area contributed by atoms with Gasteiger partial charge in [0.1, 0.15) is 5.69 Å². The average Bonchev–Trinajstić information content (AvgIpc) is 2.27. The van der Waals surface area contributed by atoms with Crippen LogP contribution in [0.25, 0.3) is 0 Å². The predicted molar refractivity (Wildman–Crippen MR) is 65.9 cm³/mol. The van der Waals surface area contributed by atoms with E-state index in [1.54, 1.807) is 0 Å². The first-order valence-corrected chi connectivity index (χ1v) is 5.69. The summed E-state index contributed by atoms with van der Waals surface area (Å²) >= 11 is 3.04. The monoisotopic (exact) mass is 320 g/mol. The van der Waals surface area contributed by atoms with Gasteiger partial charge in [-0.3, -0.25) is 14.9 Å². The fraction of sp³-hybridized carbons (Fsp3) is 0.300. The van der Waals surface area contributed by atoms with E-state index >= 15 is 0 Å². The molecule has 0 aliphatic rings. The second kappa shape index (κ2) is 6.29. The van der Waals surface area contributed by atoms with Crippen molar-refractivity contribution in [2.75, 3.05) is 19.0 Å². The third-order valence-corrected chi connectivity index (χ3v) is 2.54. The number of hydrogen-bond acceptors (Lipinski definition) is 5. The minimum Gasteiger partial charge on any atom is -0.469 e. The Labute approximate surface area is 110 Å². The van der Waals surface area contributed by atoms with E-state index in [1.165, 1.54) is 13.2 Å². The SMILES string of the molecule is COC(=O)CCNc1cc(Br)cc(F)c1[N+](=O)[O-]. The van der Waals surface area contributed by atoms with Crippen molar-refractivity contribution in [2.45, 2.75) is 6.42 Å². The highest BCUT2D eigenvalue weighted by Gasteiger charge is 2.21. The van der Waals surface area contributed by atoms with Crippen molar-refractivity contribution in [1.82, 2.24) is 0 Å². The first-order valence-electron chi connectivity index (χ1n) is 4.90. The van der Waals surface area contributed by atoms with Gasteiger partial charge in [0, 0.05) is 11.0 Å². The number of carbonyl (C=O) groups excluding carboxylic acids is 1. The molecule has 1 N–H and O–H groups in total. The van der Waals surface area contributed by atoms with Crippen LogP contribution in [0.2, 0.25) is 0 Å². The van der Waals surface area contributed by atoms with Gasteiger partial charge in [0.2, 0.25) is 5.82 Å². The second-order valence-electron chi connectivity index (χ2n) is 3.29. The smallest absolute Gasteiger partial charge is 0.327 e. The minimum absolute atomic E-state index is 0.00998. The molecule has 0 unspecified atom stereocenters. The summed E-state index contributed by atoms with van der Waals surface area (Å²) in [5, 5.41) is 13.4. The maximum Gasteiger partial charge on any atom is 0.327 e. The Bertz CT molecular complexity index is 481.